The molecule has 0 saturated heterocycles. The summed E-state index contributed by atoms with van der Waals surface area (Å²) in [5.41, 5.74) is 0.800. The molecule has 1 aromatic carbocycles. The Morgan fingerprint density at radius 2 is 1.69 bits per heavy atom. The molecule has 13 heavy (non-hydrogen) atoms. The first-order chi connectivity index (χ1) is 5.99. The van der Waals surface area contributed by atoms with Crippen molar-refractivity contribution in [2.45, 2.75) is 33.3 Å². The van der Waals surface area contributed by atoms with Crippen molar-refractivity contribution in [1.29, 1.82) is 0 Å². The second kappa shape index (κ2) is 3.79. The van der Waals surface area contributed by atoms with Gasteiger partial charge in [0.05, 0.1) is 0 Å². The molecule has 0 aliphatic rings. The van der Waals surface area contributed by atoms with Gasteiger partial charge in [0, 0.05) is 0 Å². The highest BCUT2D eigenvalue weighted by Gasteiger charge is 2.12. The Balaban J connectivity index is 2.60. The van der Waals surface area contributed by atoms with Crippen LogP contribution in [0.15, 0.2) is 24.3 Å². The van der Waals surface area contributed by atoms with E-state index in [1.165, 1.54) is 0 Å². The number of para-hydroxylation sites is 1. The Kier molecular flexibility index (Phi) is 2.94. The molecule has 72 valence electrons. The van der Waals surface area contributed by atoms with Gasteiger partial charge in [-0.2, -0.15) is 4.89 Å². The van der Waals surface area contributed by atoms with Crippen LogP contribution in [0, 0.1) is 6.92 Å². The van der Waals surface area contributed by atoms with Gasteiger partial charge in [-0.05, 0) is 39.3 Å². The molecule has 0 spiro atoms. The maximum Gasteiger partial charge on any atom is 0.168 e. The summed E-state index contributed by atoms with van der Waals surface area (Å²) in [5, 5.41) is 0. The predicted molar refractivity (Wildman–Crippen MR) is 52.6 cm³/mol. The molecule has 2 nitrogen and oxygen atoms in total. The third kappa shape index (κ3) is 3.47. The summed E-state index contributed by atoms with van der Waals surface area (Å²) in [6.07, 6.45) is 0. The quantitative estimate of drug-likeness (QED) is 0.514. The van der Waals surface area contributed by atoms with Crippen LogP contribution in [0.1, 0.15) is 26.3 Å². The Morgan fingerprint density at radius 3 is 2.23 bits per heavy atom. The largest absolute Gasteiger partial charge is 0.337 e. The van der Waals surface area contributed by atoms with Crippen LogP contribution in [0.3, 0.4) is 0 Å². The number of hydrogen-bond donors (Lipinski definition) is 0. The van der Waals surface area contributed by atoms with E-state index >= 15 is 0 Å². The topological polar surface area (TPSA) is 18.5 Å². The molecule has 0 radical (unpaired) electrons. The van der Waals surface area contributed by atoms with E-state index in [2.05, 4.69) is 0 Å². The fraction of sp³-hybridized carbons (Fsp3) is 0.455. The zero-order chi connectivity index (χ0) is 9.90. The molecule has 0 fully saturated rings. The predicted octanol–water partition coefficient (Wildman–Crippen LogP) is 3.10. The highest BCUT2D eigenvalue weighted by molar-refractivity contribution is 5.31. The minimum atomic E-state index is -0.276. The normalized spacial score (nSPS) is 11.4. The maximum absolute atomic E-state index is 5.20. The van der Waals surface area contributed by atoms with E-state index < -0.39 is 0 Å². The zero-order valence-corrected chi connectivity index (χ0v) is 8.63. The van der Waals surface area contributed by atoms with E-state index in [0.29, 0.717) is 0 Å². The van der Waals surface area contributed by atoms with Crippen molar-refractivity contribution in [2.75, 3.05) is 0 Å². The molecule has 2 heteroatoms. The summed E-state index contributed by atoms with van der Waals surface area (Å²) < 4.78 is 0. The monoisotopic (exact) mass is 180 g/mol. The van der Waals surface area contributed by atoms with E-state index in [4.69, 9.17) is 9.78 Å². The van der Waals surface area contributed by atoms with E-state index in [1.807, 2.05) is 52.0 Å². The molecule has 1 aromatic rings. The van der Waals surface area contributed by atoms with Crippen molar-refractivity contribution in [3.63, 3.8) is 0 Å². The van der Waals surface area contributed by atoms with Crippen molar-refractivity contribution in [2.24, 2.45) is 0 Å². The van der Waals surface area contributed by atoms with Gasteiger partial charge in [0.1, 0.15) is 5.60 Å². The summed E-state index contributed by atoms with van der Waals surface area (Å²) >= 11 is 0. The Hall–Kier alpha value is -1.02. The average molecular weight is 180 g/mol. The second-order valence-corrected chi connectivity index (χ2v) is 4.04. The van der Waals surface area contributed by atoms with Crippen LogP contribution < -0.4 is 4.89 Å². The van der Waals surface area contributed by atoms with Gasteiger partial charge in [-0.25, -0.2) is 0 Å². The molecule has 0 heterocycles. The molecular weight excluding hydrogens is 164 g/mol. The van der Waals surface area contributed by atoms with E-state index in [-0.39, 0.29) is 5.60 Å². The lowest BCUT2D eigenvalue weighted by Crippen LogP contribution is -2.21. The molecule has 0 unspecified atom stereocenters. The van der Waals surface area contributed by atoms with Gasteiger partial charge in [-0.15, -0.1) is 0 Å². The maximum atomic E-state index is 5.20. The van der Waals surface area contributed by atoms with Crippen LogP contribution in [0.2, 0.25) is 0 Å². The smallest absolute Gasteiger partial charge is 0.168 e. The summed E-state index contributed by atoms with van der Waals surface area (Å²) in [6.45, 7) is 7.84. The average Bonchev–Trinajstić information content (AvgIpc) is 2.01. The van der Waals surface area contributed by atoms with Crippen molar-refractivity contribution in [3.8, 4) is 5.75 Å². The van der Waals surface area contributed by atoms with Gasteiger partial charge in [0.2, 0.25) is 0 Å². The first-order valence-electron chi connectivity index (χ1n) is 4.40. The number of aryl methyl sites for hydroxylation is 1. The molecule has 1 rings (SSSR count). The summed E-state index contributed by atoms with van der Waals surface area (Å²) in [4.78, 5) is 10.4. The van der Waals surface area contributed by atoms with Crippen LogP contribution in [-0.4, -0.2) is 5.60 Å². The molecule has 0 aliphatic carbocycles. The van der Waals surface area contributed by atoms with Crippen LogP contribution in [0.5, 0.6) is 5.75 Å². The fourth-order valence-corrected chi connectivity index (χ4v) is 0.820. The summed E-state index contributed by atoms with van der Waals surface area (Å²) in [6, 6.07) is 7.77. The second-order valence-electron chi connectivity index (χ2n) is 4.04. The van der Waals surface area contributed by atoms with Gasteiger partial charge < -0.3 is 4.89 Å². The first-order valence-corrected chi connectivity index (χ1v) is 4.40. The van der Waals surface area contributed by atoms with Crippen LogP contribution in [0.25, 0.3) is 0 Å². The van der Waals surface area contributed by atoms with Gasteiger partial charge in [0.25, 0.3) is 0 Å². The fourth-order valence-electron chi connectivity index (χ4n) is 0.820. The third-order valence-corrected chi connectivity index (χ3v) is 1.48. The van der Waals surface area contributed by atoms with Crippen molar-refractivity contribution >= 4 is 0 Å². The Bertz CT molecular complexity index is 274. The third-order valence-electron chi connectivity index (χ3n) is 1.48. The Labute approximate surface area is 79.4 Å². The molecule has 0 bridgehead atoms. The van der Waals surface area contributed by atoms with Crippen LogP contribution >= 0.6 is 0 Å². The SMILES string of the molecule is Cc1ccccc1OOC(C)(C)C. The minimum absolute atomic E-state index is 0.276. The molecule has 0 atom stereocenters. The highest BCUT2D eigenvalue weighted by Crippen LogP contribution is 2.19. The summed E-state index contributed by atoms with van der Waals surface area (Å²) in [5.74, 6) is 0.775. The first kappa shape index (κ1) is 10.1. The van der Waals surface area contributed by atoms with Crippen LogP contribution in [-0.2, 0) is 4.89 Å². The standard InChI is InChI=1S/C11H16O2/c1-9-7-5-6-8-10(9)12-13-11(2,3)4/h5-8H,1-4H3. The number of rotatable bonds is 2. The molecule has 0 aliphatic heterocycles. The van der Waals surface area contributed by atoms with Crippen LogP contribution in [0.4, 0.5) is 0 Å². The van der Waals surface area contributed by atoms with Gasteiger partial charge in [0.15, 0.2) is 5.75 Å². The van der Waals surface area contributed by atoms with Gasteiger partial charge in [-0.3, -0.25) is 0 Å². The van der Waals surface area contributed by atoms with E-state index in [0.717, 1.165) is 11.3 Å². The Morgan fingerprint density at radius 1 is 1.08 bits per heavy atom. The molecule has 0 saturated carbocycles. The van der Waals surface area contributed by atoms with E-state index in [1.54, 1.807) is 0 Å². The number of hydrogen-bond acceptors (Lipinski definition) is 2. The van der Waals surface area contributed by atoms with Crippen molar-refractivity contribution < 1.29 is 9.78 Å². The van der Waals surface area contributed by atoms with E-state index in [9.17, 15) is 0 Å². The zero-order valence-electron chi connectivity index (χ0n) is 8.63. The molecule has 0 aromatic heterocycles. The molecular formula is C11H16O2. The van der Waals surface area contributed by atoms with Gasteiger partial charge in [-0.1, -0.05) is 18.2 Å². The minimum Gasteiger partial charge on any atom is -0.337 e. The lowest BCUT2D eigenvalue weighted by atomic mass is 10.2. The highest BCUT2D eigenvalue weighted by atomic mass is 17.2. The summed E-state index contributed by atoms with van der Waals surface area (Å²) in [7, 11) is 0. The van der Waals surface area contributed by atoms with Crippen molar-refractivity contribution in [3.05, 3.63) is 29.8 Å². The van der Waals surface area contributed by atoms with Crippen molar-refractivity contribution in [1.82, 2.24) is 0 Å². The lowest BCUT2D eigenvalue weighted by Gasteiger charge is -2.18. The molecule has 0 N–H and O–H groups in total. The van der Waals surface area contributed by atoms with Gasteiger partial charge >= 0.3 is 0 Å². The molecule has 0 amide bonds. The number of benzene rings is 1. The lowest BCUT2D eigenvalue weighted by molar-refractivity contribution is -0.274.